The lowest BCUT2D eigenvalue weighted by Crippen LogP contribution is -2.43. The Morgan fingerprint density at radius 3 is 2.22 bits per heavy atom. The molecule has 0 saturated carbocycles. The molecule has 2 aliphatic rings. The van der Waals surface area contributed by atoms with Crippen molar-refractivity contribution in [3.63, 3.8) is 0 Å². The van der Waals surface area contributed by atoms with Crippen LogP contribution in [0.25, 0.3) is 0 Å². The minimum Gasteiger partial charge on any atom is -0.375 e. The summed E-state index contributed by atoms with van der Waals surface area (Å²) in [5.41, 5.74) is 0.423. The van der Waals surface area contributed by atoms with Crippen LogP contribution in [0.15, 0.2) is 24.3 Å². The Morgan fingerprint density at radius 2 is 1.67 bits per heavy atom. The molecule has 2 unspecified atom stereocenters. The van der Waals surface area contributed by atoms with Crippen molar-refractivity contribution in [2.45, 2.75) is 25.0 Å². The summed E-state index contributed by atoms with van der Waals surface area (Å²) in [5, 5.41) is 0.507. The number of benzene rings is 1. The third kappa shape index (κ3) is 5.43. The Labute approximate surface area is 164 Å². The van der Waals surface area contributed by atoms with Gasteiger partial charge in [-0.2, -0.15) is 0 Å². The van der Waals surface area contributed by atoms with E-state index < -0.39 is 25.7 Å². The van der Waals surface area contributed by atoms with E-state index in [0.717, 1.165) is 0 Å². The second-order valence-electron chi connectivity index (χ2n) is 6.96. The number of nitrogens with zero attached hydrogens (tertiary/aromatic N) is 1. The number of amides is 1. The molecule has 10 heteroatoms. The first-order chi connectivity index (χ1) is 12.7. The molecule has 0 spiro atoms. The van der Waals surface area contributed by atoms with Gasteiger partial charge in [-0.3, -0.25) is 4.79 Å². The summed E-state index contributed by atoms with van der Waals surface area (Å²) in [6.45, 7) is 0.369. The highest BCUT2D eigenvalue weighted by atomic mass is 35.5. The predicted octanol–water partition coefficient (Wildman–Crippen LogP) is 1.17. The summed E-state index contributed by atoms with van der Waals surface area (Å²) in [5.74, 6) is -0.174. The first-order valence-corrected chi connectivity index (χ1v) is 12.8. The summed E-state index contributed by atoms with van der Waals surface area (Å²) in [4.78, 5) is 14.4. The lowest BCUT2D eigenvalue weighted by atomic mass is 10.1. The SMILES string of the molecule is O=C(c1ccc(Cl)cc1)N(CCOC1CCS(=O)(=O)C1)C1CCS(=O)(=O)C1. The second-order valence-corrected chi connectivity index (χ2v) is 11.9. The zero-order valence-electron chi connectivity index (χ0n) is 14.7. The molecule has 2 fully saturated rings. The van der Waals surface area contributed by atoms with Gasteiger partial charge in [0.1, 0.15) is 0 Å². The molecular weight excluding hydrogens is 414 g/mol. The van der Waals surface area contributed by atoms with E-state index in [2.05, 4.69) is 0 Å². The lowest BCUT2D eigenvalue weighted by molar-refractivity contribution is 0.0379. The molecule has 0 radical (unpaired) electrons. The summed E-state index contributed by atoms with van der Waals surface area (Å²) >= 11 is 5.87. The van der Waals surface area contributed by atoms with Crippen LogP contribution < -0.4 is 0 Å². The van der Waals surface area contributed by atoms with Gasteiger partial charge in [0.05, 0.1) is 35.7 Å². The van der Waals surface area contributed by atoms with Gasteiger partial charge in [-0.25, -0.2) is 16.8 Å². The first kappa shape index (κ1) is 20.6. The number of carbonyl (C=O) groups is 1. The van der Waals surface area contributed by atoms with Crippen LogP contribution in [-0.2, 0) is 24.4 Å². The molecule has 3 rings (SSSR count). The van der Waals surface area contributed by atoms with Gasteiger partial charge in [-0.15, -0.1) is 0 Å². The standard InChI is InChI=1S/C17H22ClNO6S2/c18-14-3-1-13(2-4-14)17(20)19(15-5-9-26(21,22)11-15)7-8-25-16-6-10-27(23,24)12-16/h1-4,15-16H,5-12H2. The smallest absolute Gasteiger partial charge is 0.254 e. The Morgan fingerprint density at radius 1 is 1.04 bits per heavy atom. The van der Waals surface area contributed by atoms with E-state index in [1.807, 2.05) is 0 Å². The third-order valence-electron chi connectivity index (χ3n) is 4.88. The number of sulfone groups is 2. The summed E-state index contributed by atoms with van der Waals surface area (Å²) in [7, 11) is -6.19. The van der Waals surface area contributed by atoms with Gasteiger partial charge in [0.15, 0.2) is 19.7 Å². The van der Waals surface area contributed by atoms with Crippen molar-refractivity contribution in [1.82, 2.24) is 4.90 Å². The van der Waals surface area contributed by atoms with Crippen LogP contribution in [0.4, 0.5) is 0 Å². The fourth-order valence-corrected chi connectivity index (χ4v) is 6.91. The minimum atomic E-state index is -3.15. The third-order valence-corrected chi connectivity index (χ3v) is 8.62. The molecule has 2 saturated heterocycles. The van der Waals surface area contributed by atoms with E-state index in [1.54, 1.807) is 24.3 Å². The van der Waals surface area contributed by atoms with Gasteiger partial charge in [0.2, 0.25) is 0 Å². The van der Waals surface area contributed by atoms with Crippen LogP contribution >= 0.6 is 11.6 Å². The van der Waals surface area contributed by atoms with Crippen LogP contribution in [0.5, 0.6) is 0 Å². The highest BCUT2D eigenvalue weighted by Crippen LogP contribution is 2.21. The fraction of sp³-hybridized carbons (Fsp3) is 0.588. The maximum Gasteiger partial charge on any atom is 0.254 e. The molecule has 1 aromatic rings. The largest absolute Gasteiger partial charge is 0.375 e. The first-order valence-electron chi connectivity index (χ1n) is 8.74. The number of ether oxygens (including phenoxy) is 1. The topological polar surface area (TPSA) is 97.8 Å². The number of hydrogen-bond donors (Lipinski definition) is 0. The van der Waals surface area contributed by atoms with Crippen molar-refractivity contribution in [2.75, 3.05) is 36.2 Å². The van der Waals surface area contributed by atoms with E-state index >= 15 is 0 Å². The number of rotatable bonds is 6. The van der Waals surface area contributed by atoms with Gasteiger partial charge >= 0.3 is 0 Å². The molecule has 0 aliphatic carbocycles. The van der Waals surface area contributed by atoms with Crippen LogP contribution in [0.1, 0.15) is 23.2 Å². The van der Waals surface area contributed by atoms with Crippen molar-refractivity contribution >= 4 is 37.2 Å². The van der Waals surface area contributed by atoms with Gasteiger partial charge in [-0.1, -0.05) is 11.6 Å². The summed E-state index contributed by atoms with van der Waals surface area (Å²) in [6.07, 6.45) is 0.472. The molecule has 27 heavy (non-hydrogen) atoms. The zero-order valence-corrected chi connectivity index (χ0v) is 17.1. The predicted molar refractivity (Wildman–Crippen MR) is 103 cm³/mol. The molecule has 0 bridgehead atoms. The highest BCUT2D eigenvalue weighted by molar-refractivity contribution is 7.91. The van der Waals surface area contributed by atoms with Gasteiger partial charge < -0.3 is 9.64 Å². The number of halogens is 1. The van der Waals surface area contributed by atoms with Crippen molar-refractivity contribution in [2.24, 2.45) is 0 Å². The molecule has 0 N–H and O–H groups in total. The van der Waals surface area contributed by atoms with E-state index in [0.29, 0.717) is 23.4 Å². The van der Waals surface area contributed by atoms with Crippen molar-refractivity contribution in [3.8, 4) is 0 Å². The molecule has 2 aliphatic heterocycles. The van der Waals surface area contributed by atoms with E-state index in [9.17, 15) is 21.6 Å². The van der Waals surface area contributed by atoms with Crippen LogP contribution in [0, 0.1) is 0 Å². The van der Waals surface area contributed by atoms with Crippen molar-refractivity contribution < 1.29 is 26.4 Å². The quantitative estimate of drug-likeness (QED) is 0.665. The second kappa shape index (κ2) is 8.06. The van der Waals surface area contributed by atoms with Gasteiger partial charge in [0.25, 0.3) is 5.91 Å². The maximum atomic E-state index is 12.9. The molecule has 1 aromatic carbocycles. The lowest BCUT2D eigenvalue weighted by Gasteiger charge is -2.29. The van der Waals surface area contributed by atoms with Gasteiger partial charge in [0, 0.05) is 23.2 Å². The Balaban J connectivity index is 1.68. The van der Waals surface area contributed by atoms with Gasteiger partial charge in [-0.05, 0) is 37.1 Å². The molecule has 150 valence electrons. The molecule has 1 amide bonds. The average Bonchev–Trinajstić information content (AvgIpc) is 3.13. The molecule has 0 aromatic heterocycles. The summed E-state index contributed by atoms with van der Waals surface area (Å²) in [6, 6.07) is 6.02. The van der Waals surface area contributed by atoms with Crippen molar-refractivity contribution in [1.29, 1.82) is 0 Å². The average molecular weight is 436 g/mol. The maximum absolute atomic E-state index is 12.9. The molecular formula is C17H22ClNO6S2. The molecule has 2 atom stereocenters. The van der Waals surface area contributed by atoms with E-state index in [-0.39, 0.29) is 48.2 Å². The monoisotopic (exact) mass is 435 g/mol. The normalized spacial score (nSPS) is 26.1. The van der Waals surface area contributed by atoms with E-state index in [4.69, 9.17) is 16.3 Å². The Bertz CT molecular complexity index is 898. The highest BCUT2D eigenvalue weighted by Gasteiger charge is 2.35. The molecule has 2 heterocycles. The zero-order chi connectivity index (χ0) is 19.7. The Kier molecular flexibility index (Phi) is 6.14. The number of hydrogen-bond acceptors (Lipinski definition) is 6. The minimum absolute atomic E-state index is 0.00403. The molecule has 7 nitrogen and oxygen atoms in total. The van der Waals surface area contributed by atoms with Crippen LogP contribution in [0.3, 0.4) is 0 Å². The number of carbonyl (C=O) groups excluding carboxylic acids is 1. The summed E-state index contributed by atoms with van der Waals surface area (Å²) < 4.78 is 52.4. The van der Waals surface area contributed by atoms with Crippen molar-refractivity contribution in [3.05, 3.63) is 34.9 Å². The Hall–Kier alpha value is -1.16. The van der Waals surface area contributed by atoms with Crippen LogP contribution in [0.2, 0.25) is 5.02 Å². The van der Waals surface area contributed by atoms with Crippen LogP contribution in [-0.4, -0.2) is 76.0 Å². The fourth-order valence-electron chi connectivity index (χ4n) is 3.44. The van der Waals surface area contributed by atoms with E-state index in [1.165, 1.54) is 4.90 Å².